The monoisotopic (exact) mass is 597 g/mol. The topological polar surface area (TPSA) is 170 Å². The van der Waals surface area contributed by atoms with Crippen molar-refractivity contribution in [1.29, 1.82) is 0 Å². The highest BCUT2D eigenvalue weighted by Gasteiger charge is 2.39. The molecule has 1 saturated heterocycles. The molecule has 4 amide bonds. The first-order valence-corrected chi connectivity index (χ1v) is 13.0. The fourth-order valence-corrected chi connectivity index (χ4v) is 4.46. The van der Waals surface area contributed by atoms with Crippen molar-refractivity contribution in [1.82, 2.24) is 26.3 Å². The quantitative estimate of drug-likeness (QED) is 0.219. The number of para-hydroxylation sites is 1. The Hall–Kier alpha value is -4.27. The minimum Gasteiger partial charge on any atom is -0.507 e. The normalized spacial score (nSPS) is 25.5. The largest absolute Gasteiger partial charge is 0.507 e. The molecule has 0 spiro atoms. The van der Waals surface area contributed by atoms with Gasteiger partial charge in [0, 0.05) is 12.0 Å². The SMILES string of the molecule is CC(C)C1NC(=O)C(C)C(O)C(Cc2c(F)nc(F)c(F)c2F)NC(=O)C(NC(=O)c2ccccc2O)C(C)NC1=O. The van der Waals surface area contributed by atoms with Gasteiger partial charge in [-0.15, -0.1) is 0 Å². The molecule has 1 aliphatic heterocycles. The van der Waals surface area contributed by atoms with Gasteiger partial charge in [0.1, 0.15) is 17.8 Å². The van der Waals surface area contributed by atoms with Crippen LogP contribution in [-0.2, 0) is 20.8 Å². The fourth-order valence-electron chi connectivity index (χ4n) is 4.46. The predicted octanol–water partition coefficient (Wildman–Crippen LogP) is 0.826. The first-order chi connectivity index (χ1) is 19.6. The molecule has 1 aromatic heterocycles. The molecule has 3 rings (SSSR count). The zero-order valence-electron chi connectivity index (χ0n) is 23.0. The van der Waals surface area contributed by atoms with E-state index in [1.54, 1.807) is 13.8 Å². The summed E-state index contributed by atoms with van der Waals surface area (Å²) in [6, 6.07) is -0.260. The van der Waals surface area contributed by atoms with Crippen LogP contribution in [0.2, 0.25) is 0 Å². The summed E-state index contributed by atoms with van der Waals surface area (Å²) in [5.41, 5.74) is -1.33. The molecule has 1 fully saturated rings. The molecule has 6 atom stereocenters. The summed E-state index contributed by atoms with van der Waals surface area (Å²) in [5.74, 6) is -13.7. The van der Waals surface area contributed by atoms with E-state index < -0.39 is 107 Å². The number of aromatic nitrogens is 1. The number of amides is 4. The van der Waals surface area contributed by atoms with Crippen molar-refractivity contribution >= 4 is 23.6 Å². The Bertz CT molecular complexity index is 1380. The summed E-state index contributed by atoms with van der Waals surface area (Å²) in [5, 5.41) is 30.9. The molecular weight excluding hydrogens is 566 g/mol. The Labute approximate surface area is 238 Å². The van der Waals surface area contributed by atoms with Crippen LogP contribution in [0.5, 0.6) is 5.75 Å². The van der Waals surface area contributed by atoms with Gasteiger partial charge in [-0.05, 0) is 25.0 Å². The van der Waals surface area contributed by atoms with E-state index in [0.29, 0.717) is 0 Å². The minimum atomic E-state index is -2.09. The molecule has 0 saturated carbocycles. The lowest BCUT2D eigenvalue weighted by atomic mass is 9.90. The smallest absolute Gasteiger partial charge is 0.255 e. The zero-order chi connectivity index (χ0) is 31.5. The Morgan fingerprint density at radius 2 is 1.60 bits per heavy atom. The molecule has 0 aliphatic carbocycles. The Balaban J connectivity index is 2.07. The minimum absolute atomic E-state index is 0.218. The van der Waals surface area contributed by atoms with Crippen LogP contribution in [-0.4, -0.2) is 69.1 Å². The third kappa shape index (κ3) is 6.95. The number of phenols is 1. The lowest BCUT2D eigenvalue weighted by molar-refractivity contribution is -0.136. The van der Waals surface area contributed by atoms with Crippen LogP contribution in [0.15, 0.2) is 24.3 Å². The second-order valence-corrected chi connectivity index (χ2v) is 10.4. The standard InChI is InChI=1S/C27H31F4N5O6/c1-10(2)19-26(41)32-12(4)20(35-25(40)13-7-5-6-8-16(13)37)27(42)33-15(21(38)11(3)24(39)34-19)9-14-17(28)18(29)23(31)36-22(14)30/h5-8,10-12,15,19-21,37-38H,9H2,1-4H3,(H,32,41)(H,33,42)(H,34,39)(H,35,40). The van der Waals surface area contributed by atoms with Gasteiger partial charge in [0.15, 0.2) is 5.82 Å². The number of benzene rings is 1. The van der Waals surface area contributed by atoms with E-state index in [1.165, 1.54) is 38.1 Å². The molecule has 1 aromatic carbocycles. The third-order valence-electron chi connectivity index (χ3n) is 7.01. The van der Waals surface area contributed by atoms with E-state index in [1.807, 2.05) is 0 Å². The molecule has 2 heterocycles. The van der Waals surface area contributed by atoms with Crippen LogP contribution >= 0.6 is 0 Å². The number of nitrogens with zero attached hydrogens (tertiary/aromatic N) is 1. The molecule has 2 aromatic rings. The lowest BCUT2D eigenvalue weighted by Crippen LogP contribution is -2.64. The van der Waals surface area contributed by atoms with Crippen molar-refractivity contribution in [2.45, 2.75) is 64.4 Å². The van der Waals surface area contributed by atoms with E-state index in [0.717, 1.165) is 0 Å². The zero-order valence-corrected chi connectivity index (χ0v) is 23.0. The first-order valence-electron chi connectivity index (χ1n) is 13.0. The van der Waals surface area contributed by atoms with E-state index >= 15 is 0 Å². The number of pyridine rings is 1. The molecule has 0 bridgehead atoms. The van der Waals surface area contributed by atoms with Crippen LogP contribution in [0, 0.1) is 35.4 Å². The van der Waals surface area contributed by atoms with Gasteiger partial charge >= 0.3 is 0 Å². The summed E-state index contributed by atoms with van der Waals surface area (Å²) < 4.78 is 56.3. The van der Waals surface area contributed by atoms with Gasteiger partial charge in [-0.25, -0.2) is 4.39 Å². The number of rotatable bonds is 5. The molecule has 1 aliphatic rings. The molecule has 6 N–H and O–H groups in total. The molecule has 228 valence electrons. The molecular formula is C27H31F4N5O6. The maximum atomic E-state index is 14.5. The predicted molar refractivity (Wildman–Crippen MR) is 139 cm³/mol. The van der Waals surface area contributed by atoms with Crippen LogP contribution in [0.25, 0.3) is 0 Å². The Kier molecular flexibility index (Phi) is 10.1. The van der Waals surface area contributed by atoms with Crippen molar-refractivity contribution in [2.24, 2.45) is 11.8 Å². The second-order valence-electron chi connectivity index (χ2n) is 10.4. The summed E-state index contributed by atoms with van der Waals surface area (Å²) in [6.45, 7) is 5.81. The van der Waals surface area contributed by atoms with E-state index in [4.69, 9.17) is 0 Å². The van der Waals surface area contributed by atoms with E-state index in [-0.39, 0.29) is 5.56 Å². The molecule has 42 heavy (non-hydrogen) atoms. The van der Waals surface area contributed by atoms with Gasteiger partial charge in [0.2, 0.25) is 29.5 Å². The summed E-state index contributed by atoms with van der Waals surface area (Å²) in [4.78, 5) is 55.3. The van der Waals surface area contributed by atoms with Gasteiger partial charge in [-0.1, -0.05) is 32.9 Å². The number of aliphatic hydroxyl groups is 1. The van der Waals surface area contributed by atoms with Crippen LogP contribution < -0.4 is 21.3 Å². The number of nitrogens with one attached hydrogen (secondary N) is 4. The summed E-state index contributed by atoms with van der Waals surface area (Å²) in [6.07, 6.45) is -2.87. The molecule has 6 unspecified atom stereocenters. The summed E-state index contributed by atoms with van der Waals surface area (Å²) in [7, 11) is 0. The Morgan fingerprint density at radius 1 is 0.952 bits per heavy atom. The number of carbonyl (C=O) groups excluding carboxylic acids is 4. The lowest BCUT2D eigenvalue weighted by Gasteiger charge is -2.34. The average Bonchev–Trinajstić information content (AvgIpc) is 2.93. The maximum absolute atomic E-state index is 14.5. The maximum Gasteiger partial charge on any atom is 0.255 e. The van der Waals surface area contributed by atoms with Crippen LogP contribution in [0.4, 0.5) is 17.6 Å². The highest BCUT2D eigenvalue weighted by molar-refractivity contribution is 6.00. The fraction of sp³-hybridized carbons (Fsp3) is 0.444. The van der Waals surface area contributed by atoms with Gasteiger partial charge in [-0.3, -0.25) is 19.2 Å². The van der Waals surface area contributed by atoms with Crippen molar-refractivity contribution < 1.29 is 47.0 Å². The van der Waals surface area contributed by atoms with Gasteiger partial charge < -0.3 is 31.5 Å². The molecule has 11 nitrogen and oxygen atoms in total. The summed E-state index contributed by atoms with van der Waals surface area (Å²) >= 11 is 0. The number of aromatic hydroxyl groups is 1. The number of halogens is 4. The van der Waals surface area contributed by atoms with E-state index in [9.17, 15) is 47.0 Å². The van der Waals surface area contributed by atoms with Crippen molar-refractivity contribution in [3.8, 4) is 5.75 Å². The van der Waals surface area contributed by atoms with Crippen molar-refractivity contribution in [3.63, 3.8) is 0 Å². The first kappa shape index (κ1) is 32.2. The Morgan fingerprint density at radius 3 is 2.21 bits per heavy atom. The number of hydrogen-bond acceptors (Lipinski definition) is 7. The van der Waals surface area contributed by atoms with E-state index in [2.05, 4.69) is 26.3 Å². The van der Waals surface area contributed by atoms with Gasteiger partial charge in [0.05, 0.1) is 29.7 Å². The van der Waals surface area contributed by atoms with Gasteiger partial charge in [-0.2, -0.15) is 18.2 Å². The number of phenolic OH excluding ortho intramolecular Hbond substituents is 1. The highest BCUT2D eigenvalue weighted by Crippen LogP contribution is 2.22. The molecule has 0 radical (unpaired) electrons. The number of hydrogen-bond donors (Lipinski definition) is 6. The molecule has 15 heteroatoms. The number of aliphatic hydroxyl groups excluding tert-OH is 1. The highest BCUT2D eigenvalue weighted by atomic mass is 19.2. The third-order valence-corrected chi connectivity index (χ3v) is 7.01. The number of carbonyl (C=O) groups is 4. The second kappa shape index (κ2) is 13.1. The van der Waals surface area contributed by atoms with Crippen molar-refractivity contribution in [3.05, 3.63) is 58.9 Å². The van der Waals surface area contributed by atoms with Gasteiger partial charge in [0.25, 0.3) is 11.9 Å². The van der Waals surface area contributed by atoms with Crippen molar-refractivity contribution in [2.75, 3.05) is 0 Å². The van der Waals surface area contributed by atoms with Crippen LogP contribution in [0.1, 0.15) is 43.6 Å². The average molecular weight is 598 g/mol. The van der Waals surface area contributed by atoms with Crippen LogP contribution in [0.3, 0.4) is 0 Å².